The summed E-state index contributed by atoms with van der Waals surface area (Å²) in [5.41, 5.74) is 6.58. The van der Waals surface area contributed by atoms with Crippen LogP contribution in [-0.2, 0) is 4.74 Å². The molecule has 1 fully saturated rings. The van der Waals surface area contributed by atoms with Crippen molar-refractivity contribution in [3.05, 3.63) is 24.2 Å². The number of hydrogen-bond donors (Lipinski definition) is 3. The summed E-state index contributed by atoms with van der Waals surface area (Å²) in [5.74, 6) is 0.252. The Kier molecular flexibility index (Phi) is 3.16. The van der Waals surface area contributed by atoms with Gasteiger partial charge in [0.2, 0.25) is 4.58 Å². The van der Waals surface area contributed by atoms with Crippen molar-refractivity contribution in [1.82, 2.24) is 14.6 Å². The zero-order chi connectivity index (χ0) is 14.5. The second kappa shape index (κ2) is 4.62. The molecule has 1 aliphatic heterocycles. The number of aliphatic hydroxyl groups excluding tert-OH is 2. The fraction of sp³-hybridized carbons (Fsp3) is 0.455. The largest absolute Gasteiger partial charge is 0.394 e. The number of aromatic nitrogens is 3. The maximum Gasteiger partial charge on any atom is 0.224 e. The highest BCUT2D eigenvalue weighted by molar-refractivity contribution is 9.10. The maximum absolute atomic E-state index is 14.6. The van der Waals surface area contributed by atoms with Crippen LogP contribution in [0.3, 0.4) is 0 Å². The number of rotatable bonds is 2. The van der Waals surface area contributed by atoms with Gasteiger partial charge in [0.1, 0.15) is 30.2 Å². The number of anilines is 1. The molecule has 0 bridgehead atoms. The van der Waals surface area contributed by atoms with E-state index < -0.39 is 29.5 Å². The third-order valence-electron chi connectivity index (χ3n) is 3.37. The van der Waals surface area contributed by atoms with Gasteiger partial charge in [0.05, 0.1) is 12.3 Å². The summed E-state index contributed by atoms with van der Waals surface area (Å²) in [6.45, 7) is -0.491. The van der Waals surface area contributed by atoms with E-state index in [0.717, 1.165) is 0 Å². The molecule has 1 saturated heterocycles. The average molecular weight is 347 g/mol. The predicted molar refractivity (Wildman–Crippen MR) is 70.9 cm³/mol. The van der Waals surface area contributed by atoms with Crippen molar-refractivity contribution in [3.8, 4) is 0 Å². The molecule has 4 atom stereocenters. The van der Waals surface area contributed by atoms with Gasteiger partial charge in [-0.3, -0.25) is 0 Å². The lowest BCUT2D eigenvalue weighted by molar-refractivity contribution is -0.0241. The smallest absolute Gasteiger partial charge is 0.224 e. The number of aliphatic hydroxyl groups is 2. The van der Waals surface area contributed by atoms with Crippen molar-refractivity contribution in [2.24, 2.45) is 0 Å². The molecule has 2 aromatic rings. The molecule has 1 unspecified atom stereocenters. The summed E-state index contributed by atoms with van der Waals surface area (Å²) >= 11 is 2.84. The van der Waals surface area contributed by atoms with E-state index in [-0.39, 0.29) is 5.82 Å². The van der Waals surface area contributed by atoms with Crippen molar-refractivity contribution in [1.29, 1.82) is 0 Å². The van der Waals surface area contributed by atoms with E-state index in [0.29, 0.717) is 11.2 Å². The first-order valence-corrected chi connectivity index (χ1v) is 6.66. The number of halogens is 2. The summed E-state index contributed by atoms with van der Waals surface area (Å²) < 4.78 is 19.2. The number of alkyl halides is 2. The Morgan fingerprint density at radius 2 is 2.30 bits per heavy atom. The number of nitrogen functional groups attached to an aromatic ring is 1. The first kappa shape index (κ1) is 13.7. The molecular weight excluding hydrogens is 335 g/mol. The van der Waals surface area contributed by atoms with Gasteiger partial charge in [-0.05, 0) is 28.1 Å². The SMILES string of the molecule is Nc1ncnn2c([C@@H]3O[C@H](CO)C(O)[C@]3(F)Br)ccc12. The molecule has 0 aliphatic carbocycles. The average Bonchev–Trinajstić information content (AvgIpc) is 2.92. The molecule has 108 valence electrons. The zero-order valence-corrected chi connectivity index (χ0v) is 11.7. The molecule has 20 heavy (non-hydrogen) atoms. The third kappa shape index (κ3) is 1.81. The topological polar surface area (TPSA) is 106 Å². The highest BCUT2D eigenvalue weighted by Crippen LogP contribution is 2.48. The van der Waals surface area contributed by atoms with Gasteiger partial charge in [0.25, 0.3) is 0 Å². The predicted octanol–water partition coefficient (Wildman–Crippen LogP) is 0.165. The van der Waals surface area contributed by atoms with Crippen molar-refractivity contribution >= 4 is 27.3 Å². The van der Waals surface area contributed by atoms with Gasteiger partial charge in [0.15, 0.2) is 5.82 Å². The molecule has 3 heterocycles. The monoisotopic (exact) mass is 346 g/mol. The van der Waals surface area contributed by atoms with Crippen LogP contribution in [0.4, 0.5) is 10.2 Å². The molecular formula is C11H12BrFN4O3. The highest BCUT2D eigenvalue weighted by Gasteiger charge is 2.57. The molecule has 4 N–H and O–H groups in total. The van der Waals surface area contributed by atoms with E-state index in [4.69, 9.17) is 15.6 Å². The lowest BCUT2D eigenvalue weighted by Gasteiger charge is -2.21. The number of nitrogens with zero attached hydrogens (tertiary/aromatic N) is 3. The molecule has 1 aliphatic rings. The summed E-state index contributed by atoms with van der Waals surface area (Å²) in [7, 11) is 0. The Labute approximate surface area is 121 Å². The summed E-state index contributed by atoms with van der Waals surface area (Å²) in [5, 5.41) is 23.0. The molecule has 9 heteroatoms. The van der Waals surface area contributed by atoms with Gasteiger partial charge in [-0.15, -0.1) is 0 Å². The van der Waals surface area contributed by atoms with Crippen LogP contribution in [0.2, 0.25) is 0 Å². The van der Waals surface area contributed by atoms with Gasteiger partial charge in [0, 0.05) is 0 Å². The van der Waals surface area contributed by atoms with E-state index in [9.17, 15) is 9.50 Å². The quantitative estimate of drug-likeness (QED) is 0.669. The molecule has 0 radical (unpaired) electrons. The highest BCUT2D eigenvalue weighted by atomic mass is 79.9. The van der Waals surface area contributed by atoms with Gasteiger partial charge >= 0.3 is 0 Å². The van der Waals surface area contributed by atoms with E-state index >= 15 is 0 Å². The van der Waals surface area contributed by atoms with Crippen LogP contribution in [0.25, 0.3) is 5.52 Å². The van der Waals surface area contributed by atoms with Crippen molar-refractivity contribution in [3.63, 3.8) is 0 Å². The maximum atomic E-state index is 14.6. The first-order valence-electron chi connectivity index (χ1n) is 5.87. The Balaban J connectivity index is 2.10. The molecule has 2 aromatic heterocycles. The van der Waals surface area contributed by atoms with E-state index in [2.05, 4.69) is 26.0 Å². The van der Waals surface area contributed by atoms with E-state index in [1.165, 1.54) is 10.8 Å². The van der Waals surface area contributed by atoms with Crippen LogP contribution in [0.5, 0.6) is 0 Å². The summed E-state index contributed by atoms with van der Waals surface area (Å²) in [6.07, 6.45) is -2.41. The zero-order valence-electron chi connectivity index (χ0n) is 10.1. The minimum atomic E-state index is -2.23. The van der Waals surface area contributed by atoms with E-state index in [1.807, 2.05) is 0 Å². The standard InChI is InChI=1S/C11H12BrFN4O3/c12-11(13)8(19)7(3-18)20-9(11)5-1-2-6-10(14)15-4-16-17(5)6/h1-2,4,7-9,18-19H,3H2,(H2,14,15,16)/t7-,8?,9+,11-/m1/s1. The summed E-state index contributed by atoms with van der Waals surface area (Å²) in [6, 6.07) is 3.23. The van der Waals surface area contributed by atoms with Crippen LogP contribution >= 0.6 is 15.9 Å². The number of hydrogen-bond acceptors (Lipinski definition) is 6. The number of nitrogens with two attached hydrogens (primary N) is 1. The normalized spacial score (nSPS) is 33.9. The molecule has 0 saturated carbocycles. The minimum Gasteiger partial charge on any atom is -0.394 e. The minimum absolute atomic E-state index is 0.252. The van der Waals surface area contributed by atoms with Gasteiger partial charge in [-0.25, -0.2) is 13.9 Å². The van der Waals surface area contributed by atoms with Crippen LogP contribution in [0.15, 0.2) is 18.5 Å². The Hall–Kier alpha value is -1.29. The summed E-state index contributed by atoms with van der Waals surface area (Å²) in [4.78, 5) is 3.84. The first-order chi connectivity index (χ1) is 9.46. The van der Waals surface area contributed by atoms with Crippen LogP contribution in [0, 0.1) is 0 Å². The van der Waals surface area contributed by atoms with Crippen molar-refractivity contribution < 1.29 is 19.3 Å². The molecule has 3 rings (SSSR count). The third-order valence-corrected chi connectivity index (χ3v) is 4.25. The lowest BCUT2D eigenvalue weighted by atomic mass is 10.1. The van der Waals surface area contributed by atoms with Crippen LogP contribution in [0.1, 0.15) is 11.8 Å². The second-order valence-electron chi connectivity index (χ2n) is 4.56. The number of ether oxygens (including phenoxy) is 1. The van der Waals surface area contributed by atoms with Gasteiger partial charge in [-0.1, -0.05) is 0 Å². The Morgan fingerprint density at radius 3 is 2.95 bits per heavy atom. The van der Waals surface area contributed by atoms with Crippen molar-refractivity contribution in [2.45, 2.75) is 22.9 Å². The Morgan fingerprint density at radius 1 is 1.55 bits per heavy atom. The van der Waals surface area contributed by atoms with Gasteiger partial charge < -0.3 is 20.7 Å². The van der Waals surface area contributed by atoms with Crippen molar-refractivity contribution in [2.75, 3.05) is 12.3 Å². The Bertz CT molecular complexity index is 650. The molecule has 0 amide bonds. The van der Waals surface area contributed by atoms with Crippen LogP contribution < -0.4 is 5.73 Å². The molecule has 0 spiro atoms. The molecule has 7 nitrogen and oxygen atoms in total. The fourth-order valence-corrected chi connectivity index (χ4v) is 2.96. The molecule has 0 aromatic carbocycles. The van der Waals surface area contributed by atoms with E-state index in [1.54, 1.807) is 12.1 Å². The lowest BCUT2D eigenvalue weighted by Crippen LogP contribution is -2.37. The second-order valence-corrected chi connectivity index (χ2v) is 5.77. The van der Waals surface area contributed by atoms with Gasteiger partial charge in [-0.2, -0.15) is 5.10 Å². The van der Waals surface area contributed by atoms with Crippen LogP contribution in [-0.4, -0.2) is 48.2 Å². The number of fused-ring (bicyclic) bond motifs is 1. The fourth-order valence-electron chi connectivity index (χ4n) is 2.32.